The first-order valence-corrected chi connectivity index (χ1v) is 9.94. The summed E-state index contributed by atoms with van der Waals surface area (Å²) in [7, 11) is 1.59. The van der Waals surface area contributed by atoms with Gasteiger partial charge in [-0.1, -0.05) is 20.4 Å². The van der Waals surface area contributed by atoms with Crippen molar-refractivity contribution in [1.82, 2.24) is 0 Å². The van der Waals surface area contributed by atoms with Crippen LogP contribution in [0.4, 0.5) is 4.39 Å². The van der Waals surface area contributed by atoms with E-state index in [1.807, 2.05) is 6.92 Å². The number of ether oxygens (including phenoxy) is 1. The van der Waals surface area contributed by atoms with E-state index in [1.165, 1.54) is 0 Å². The molecule has 0 heterocycles. The molecule has 4 saturated carbocycles. The van der Waals surface area contributed by atoms with Crippen LogP contribution in [0.25, 0.3) is 0 Å². The smallest absolute Gasteiger partial charge is 0.201 e. The van der Waals surface area contributed by atoms with Gasteiger partial charge in [0.25, 0.3) is 0 Å². The van der Waals surface area contributed by atoms with Crippen LogP contribution in [-0.4, -0.2) is 24.8 Å². The van der Waals surface area contributed by atoms with Crippen LogP contribution in [0, 0.1) is 40.4 Å². The van der Waals surface area contributed by atoms with Gasteiger partial charge in [-0.15, -0.1) is 0 Å². The van der Waals surface area contributed by atoms with E-state index in [0.717, 1.165) is 36.8 Å². The van der Waals surface area contributed by atoms with Gasteiger partial charge in [-0.2, -0.15) is 0 Å². The number of Topliss-reactive ketones (excluding diaryl/α,β-unsaturated/α-hetero) is 2. The van der Waals surface area contributed by atoms with E-state index in [-0.39, 0.29) is 34.7 Å². The van der Waals surface area contributed by atoms with Gasteiger partial charge >= 0.3 is 0 Å². The highest BCUT2D eigenvalue weighted by Gasteiger charge is 2.69. The lowest BCUT2D eigenvalue weighted by molar-refractivity contribution is -0.135. The quantitative estimate of drug-likeness (QED) is 0.711. The molecule has 4 fully saturated rings. The maximum absolute atomic E-state index is 14.4. The molecule has 0 N–H and O–H groups in total. The van der Waals surface area contributed by atoms with Crippen LogP contribution in [0.2, 0.25) is 0 Å². The Hall–Kier alpha value is -1.45. The highest BCUT2D eigenvalue weighted by molar-refractivity contribution is 6.00. The SMILES string of the molecule is C=C1C[C@H]2[C@@H]3C[C@H](F)C(=O)[C@@]3(C)CC[C@@H]2[C@]2(C)C1=C(OC)C(=O)[C@H]1CC12. The van der Waals surface area contributed by atoms with Crippen LogP contribution in [0.15, 0.2) is 23.5 Å². The number of carbonyl (C=O) groups is 2. The lowest BCUT2D eigenvalue weighted by atomic mass is 9.46. The predicted molar refractivity (Wildman–Crippen MR) is 94.8 cm³/mol. The summed E-state index contributed by atoms with van der Waals surface area (Å²) >= 11 is 0. The number of rotatable bonds is 1. The van der Waals surface area contributed by atoms with Crippen LogP contribution in [-0.2, 0) is 14.3 Å². The van der Waals surface area contributed by atoms with Crippen LogP contribution < -0.4 is 0 Å². The standard InChI is InChI=1S/C22H27FO3/c1-10-7-11-13(5-6-21(2)14(11)9-16(23)20(21)25)22(3)15-8-12(15)18(24)19(26-4)17(10)22/h11-16H,1,5-9H2,2-4H3/t11-,12+,13+,14+,15?,16+,21+,22+/m1/s1. The maximum Gasteiger partial charge on any atom is 0.201 e. The van der Waals surface area contributed by atoms with Gasteiger partial charge in [-0.25, -0.2) is 4.39 Å². The number of allylic oxidation sites excluding steroid dienone is 2. The van der Waals surface area contributed by atoms with Crippen molar-refractivity contribution in [2.24, 2.45) is 40.4 Å². The topological polar surface area (TPSA) is 43.4 Å². The van der Waals surface area contributed by atoms with Gasteiger partial charge in [0.2, 0.25) is 5.78 Å². The lowest BCUT2D eigenvalue weighted by Crippen LogP contribution is -2.52. The van der Waals surface area contributed by atoms with Gasteiger partial charge in [-0.05, 0) is 61.3 Å². The number of methoxy groups -OCH3 is 1. The molecule has 4 heteroatoms. The zero-order chi connectivity index (χ0) is 18.6. The molecule has 5 rings (SSSR count). The molecular formula is C22H27FO3. The molecule has 5 aliphatic carbocycles. The largest absolute Gasteiger partial charge is 0.493 e. The van der Waals surface area contributed by atoms with E-state index < -0.39 is 11.6 Å². The third-order valence-corrected chi connectivity index (χ3v) is 8.83. The van der Waals surface area contributed by atoms with Crippen molar-refractivity contribution in [3.63, 3.8) is 0 Å². The minimum absolute atomic E-state index is 0.0812. The van der Waals surface area contributed by atoms with E-state index in [9.17, 15) is 14.0 Å². The van der Waals surface area contributed by atoms with Crippen molar-refractivity contribution in [3.05, 3.63) is 23.5 Å². The first kappa shape index (κ1) is 16.7. The lowest BCUT2D eigenvalue weighted by Gasteiger charge is -2.57. The molecule has 0 spiro atoms. The second-order valence-electron chi connectivity index (χ2n) is 9.71. The summed E-state index contributed by atoms with van der Waals surface area (Å²) in [5.41, 5.74) is 1.37. The third-order valence-electron chi connectivity index (χ3n) is 8.83. The molecule has 8 atom stereocenters. The van der Waals surface area contributed by atoms with Crippen molar-refractivity contribution in [2.45, 2.75) is 52.1 Å². The number of hydrogen-bond donors (Lipinski definition) is 0. The van der Waals surface area contributed by atoms with Crippen LogP contribution in [0.1, 0.15) is 46.0 Å². The van der Waals surface area contributed by atoms with Crippen LogP contribution in [0.3, 0.4) is 0 Å². The Morgan fingerprint density at radius 2 is 1.88 bits per heavy atom. The number of fused-ring (bicyclic) bond motifs is 7. The van der Waals surface area contributed by atoms with Gasteiger partial charge in [0.1, 0.15) is 0 Å². The number of ketones is 2. The Kier molecular flexibility index (Phi) is 3.13. The average Bonchev–Trinajstić information content (AvgIpc) is 3.37. The second kappa shape index (κ2) is 4.88. The van der Waals surface area contributed by atoms with Crippen molar-refractivity contribution < 1.29 is 18.7 Å². The molecule has 0 aromatic rings. The summed E-state index contributed by atoms with van der Waals surface area (Å²) in [6.45, 7) is 8.59. The zero-order valence-corrected chi connectivity index (χ0v) is 15.8. The molecule has 0 aromatic carbocycles. The van der Waals surface area contributed by atoms with Gasteiger partial charge in [0.15, 0.2) is 17.7 Å². The molecule has 1 unspecified atom stereocenters. The Bertz CT molecular complexity index is 782. The normalized spacial score (nSPS) is 52.2. The van der Waals surface area contributed by atoms with E-state index >= 15 is 0 Å². The molecular weight excluding hydrogens is 331 g/mol. The summed E-state index contributed by atoms with van der Waals surface area (Å²) in [4.78, 5) is 25.2. The van der Waals surface area contributed by atoms with Gasteiger partial charge in [0.05, 0.1) is 7.11 Å². The molecule has 0 radical (unpaired) electrons. The first-order chi connectivity index (χ1) is 12.2. The molecule has 0 amide bonds. The van der Waals surface area contributed by atoms with E-state index in [2.05, 4.69) is 13.5 Å². The monoisotopic (exact) mass is 358 g/mol. The third kappa shape index (κ3) is 1.70. The minimum Gasteiger partial charge on any atom is -0.493 e. The fourth-order valence-corrected chi connectivity index (χ4v) is 7.53. The number of halogens is 1. The molecule has 26 heavy (non-hydrogen) atoms. The molecule has 140 valence electrons. The maximum atomic E-state index is 14.4. The Morgan fingerprint density at radius 1 is 1.15 bits per heavy atom. The predicted octanol–water partition coefficient (Wildman–Crippen LogP) is 4.03. The van der Waals surface area contributed by atoms with E-state index in [0.29, 0.717) is 24.0 Å². The summed E-state index contributed by atoms with van der Waals surface area (Å²) < 4.78 is 19.9. The fraction of sp³-hybridized carbons (Fsp3) is 0.727. The van der Waals surface area contributed by atoms with Crippen LogP contribution in [0.5, 0.6) is 0 Å². The molecule has 0 aromatic heterocycles. The highest BCUT2D eigenvalue weighted by atomic mass is 19.1. The Morgan fingerprint density at radius 3 is 2.58 bits per heavy atom. The molecule has 0 bridgehead atoms. The van der Waals surface area contributed by atoms with Gasteiger partial charge in [-0.3, -0.25) is 9.59 Å². The molecule has 5 aliphatic rings. The highest BCUT2D eigenvalue weighted by Crippen LogP contribution is 2.72. The van der Waals surface area contributed by atoms with Crippen molar-refractivity contribution in [1.29, 1.82) is 0 Å². The second-order valence-corrected chi connectivity index (χ2v) is 9.71. The van der Waals surface area contributed by atoms with E-state index in [4.69, 9.17) is 4.74 Å². The summed E-state index contributed by atoms with van der Waals surface area (Å²) in [6.07, 6.45) is 2.43. The Labute approximate surface area is 154 Å². The summed E-state index contributed by atoms with van der Waals surface area (Å²) in [5.74, 6) is 1.69. The number of hydrogen-bond acceptors (Lipinski definition) is 3. The average molecular weight is 358 g/mol. The number of alkyl halides is 1. The van der Waals surface area contributed by atoms with Gasteiger partial charge in [0, 0.05) is 22.3 Å². The van der Waals surface area contributed by atoms with Crippen molar-refractivity contribution in [2.75, 3.05) is 7.11 Å². The Balaban J connectivity index is 1.63. The first-order valence-electron chi connectivity index (χ1n) is 9.94. The zero-order valence-electron chi connectivity index (χ0n) is 15.8. The molecule has 0 saturated heterocycles. The van der Waals surface area contributed by atoms with Crippen LogP contribution >= 0.6 is 0 Å². The van der Waals surface area contributed by atoms with E-state index in [1.54, 1.807) is 7.11 Å². The molecule has 0 aliphatic heterocycles. The van der Waals surface area contributed by atoms with Crippen molar-refractivity contribution >= 4 is 11.6 Å². The summed E-state index contributed by atoms with van der Waals surface area (Å²) in [6, 6.07) is 0. The number of carbonyl (C=O) groups excluding carboxylic acids is 2. The molecule has 3 nitrogen and oxygen atoms in total. The van der Waals surface area contributed by atoms with Crippen molar-refractivity contribution in [3.8, 4) is 0 Å². The minimum atomic E-state index is -1.31. The summed E-state index contributed by atoms with van der Waals surface area (Å²) in [5, 5.41) is 0. The van der Waals surface area contributed by atoms with Gasteiger partial charge < -0.3 is 4.74 Å². The fourth-order valence-electron chi connectivity index (χ4n) is 7.53.